The molecule has 2 aromatic rings. The van der Waals surface area contributed by atoms with Crippen molar-refractivity contribution in [3.63, 3.8) is 0 Å². The van der Waals surface area contributed by atoms with Crippen molar-refractivity contribution in [3.05, 3.63) is 64.2 Å². The van der Waals surface area contributed by atoms with Crippen LogP contribution in [0.4, 0.5) is 5.69 Å². The first-order valence-corrected chi connectivity index (χ1v) is 8.70. The normalized spacial score (nSPS) is 17.3. The first-order valence-electron chi connectivity index (χ1n) is 7.91. The smallest absolute Gasteiger partial charge is 0.173 e. The number of anilines is 1. The van der Waals surface area contributed by atoms with E-state index >= 15 is 0 Å². The van der Waals surface area contributed by atoms with Crippen molar-refractivity contribution in [2.75, 3.05) is 18.4 Å². The van der Waals surface area contributed by atoms with Crippen LogP contribution in [-0.4, -0.2) is 23.1 Å². The third-order valence-electron chi connectivity index (χ3n) is 4.39. The average Bonchev–Trinajstić information content (AvgIpc) is 3.01. The molecule has 1 saturated heterocycles. The van der Waals surface area contributed by atoms with Gasteiger partial charge in [0.25, 0.3) is 0 Å². The van der Waals surface area contributed by atoms with Gasteiger partial charge in [0.05, 0.1) is 10.7 Å². The summed E-state index contributed by atoms with van der Waals surface area (Å²) in [5.41, 5.74) is 4.72. The molecular weight excluding hydrogens is 324 g/mol. The van der Waals surface area contributed by atoms with E-state index in [4.69, 9.17) is 23.8 Å². The summed E-state index contributed by atoms with van der Waals surface area (Å²) in [6, 6.07) is 14.8. The summed E-state index contributed by atoms with van der Waals surface area (Å²) in [5, 5.41) is 4.75. The Morgan fingerprint density at radius 3 is 2.52 bits per heavy atom. The minimum Gasteiger partial charge on any atom is -0.348 e. The van der Waals surface area contributed by atoms with Crippen LogP contribution in [0.25, 0.3) is 0 Å². The van der Waals surface area contributed by atoms with Gasteiger partial charge in [0.2, 0.25) is 0 Å². The van der Waals surface area contributed by atoms with Crippen molar-refractivity contribution in [3.8, 4) is 0 Å². The molecular formula is C19H21ClN2S. The van der Waals surface area contributed by atoms with Gasteiger partial charge in [-0.2, -0.15) is 0 Å². The summed E-state index contributed by atoms with van der Waals surface area (Å²) >= 11 is 11.8. The lowest BCUT2D eigenvalue weighted by molar-refractivity contribution is 0.518. The molecule has 0 spiro atoms. The first kappa shape index (κ1) is 16.3. The summed E-state index contributed by atoms with van der Waals surface area (Å²) in [5.74, 6) is 0.545. The predicted molar refractivity (Wildman–Crippen MR) is 103 cm³/mol. The van der Waals surface area contributed by atoms with Crippen molar-refractivity contribution >= 4 is 34.6 Å². The highest BCUT2D eigenvalue weighted by Crippen LogP contribution is 2.29. The Kier molecular flexibility index (Phi) is 4.88. The molecule has 1 aliphatic rings. The van der Waals surface area contributed by atoms with Gasteiger partial charge in [-0.15, -0.1) is 0 Å². The van der Waals surface area contributed by atoms with Crippen molar-refractivity contribution in [2.45, 2.75) is 26.2 Å². The zero-order valence-electron chi connectivity index (χ0n) is 13.5. The fourth-order valence-electron chi connectivity index (χ4n) is 2.97. The fourth-order valence-corrected chi connectivity index (χ4v) is 3.53. The monoisotopic (exact) mass is 344 g/mol. The zero-order chi connectivity index (χ0) is 16.4. The Morgan fingerprint density at radius 2 is 1.83 bits per heavy atom. The van der Waals surface area contributed by atoms with Gasteiger partial charge < -0.3 is 10.2 Å². The van der Waals surface area contributed by atoms with Gasteiger partial charge in [0, 0.05) is 19.0 Å². The van der Waals surface area contributed by atoms with Crippen LogP contribution < -0.4 is 5.32 Å². The lowest BCUT2D eigenvalue weighted by atomic mass is 9.98. The van der Waals surface area contributed by atoms with Crippen molar-refractivity contribution in [2.24, 2.45) is 0 Å². The summed E-state index contributed by atoms with van der Waals surface area (Å²) in [6.07, 6.45) is 1.13. The molecule has 4 heteroatoms. The lowest BCUT2D eigenvalue weighted by Crippen LogP contribution is -2.32. The number of aryl methyl sites for hydroxylation is 2. The van der Waals surface area contributed by atoms with Crippen LogP contribution in [0.2, 0.25) is 5.02 Å². The van der Waals surface area contributed by atoms with E-state index in [2.05, 4.69) is 41.4 Å². The van der Waals surface area contributed by atoms with E-state index in [9.17, 15) is 0 Å². The van der Waals surface area contributed by atoms with E-state index in [1.165, 1.54) is 11.1 Å². The number of benzene rings is 2. The highest BCUT2D eigenvalue weighted by atomic mass is 35.5. The van der Waals surface area contributed by atoms with Crippen LogP contribution >= 0.6 is 23.8 Å². The number of rotatable bonds is 2. The number of hydrogen-bond donors (Lipinski definition) is 1. The third-order valence-corrected chi connectivity index (χ3v) is 5.06. The van der Waals surface area contributed by atoms with Gasteiger partial charge in [-0.1, -0.05) is 47.5 Å². The number of hydrogen-bond acceptors (Lipinski definition) is 1. The van der Waals surface area contributed by atoms with Gasteiger partial charge >= 0.3 is 0 Å². The van der Waals surface area contributed by atoms with E-state index < -0.39 is 0 Å². The molecule has 0 aromatic heterocycles. The topological polar surface area (TPSA) is 15.3 Å². The predicted octanol–water partition coefficient (Wildman–Crippen LogP) is 5.14. The van der Waals surface area contributed by atoms with Crippen LogP contribution in [0, 0.1) is 13.8 Å². The first-order chi connectivity index (χ1) is 11.0. The zero-order valence-corrected chi connectivity index (χ0v) is 15.0. The van der Waals surface area contributed by atoms with Gasteiger partial charge in [0.1, 0.15) is 0 Å². The Labute approximate surface area is 148 Å². The summed E-state index contributed by atoms with van der Waals surface area (Å²) in [6.45, 7) is 6.09. The molecule has 1 atom stereocenters. The second-order valence-electron chi connectivity index (χ2n) is 6.26. The van der Waals surface area contributed by atoms with E-state index in [1.54, 1.807) is 0 Å². The van der Waals surface area contributed by atoms with Crippen LogP contribution in [-0.2, 0) is 0 Å². The number of likely N-dealkylation sites (tertiary alicyclic amines) is 1. The molecule has 0 saturated carbocycles. The quantitative estimate of drug-likeness (QED) is 0.759. The van der Waals surface area contributed by atoms with E-state index in [0.29, 0.717) is 10.9 Å². The highest BCUT2D eigenvalue weighted by molar-refractivity contribution is 7.80. The number of nitrogens with one attached hydrogen (secondary N) is 1. The number of thiocarbonyl (C=S) groups is 1. The largest absolute Gasteiger partial charge is 0.348 e. The molecule has 1 aliphatic heterocycles. The molecule has 1 heterocycles. The van der Waals surface area contributed by atoms with Gasteiger partial charge in [-0.05, 0) is 55.7 Å². The number of halogens is 1. The van der Waals surface area contributed by atoms with E-state index in [-0.39, 0.29) is 0 Å². The maximum Gasteiger partial charge on any atom is 0.173 e. The molecule has 1 fully saturated rings. The minimum atomic E-state index is 0.545. The lowest BCUT2D eigenvalue weighted by Gasteiger charge is -2.21. The molecule has 120 valence electrons. The Bertz CT molecular complexity index is 712. The van der Waals surface area contributed by atoms with Crippen LogP contribution in [0.15, 0.2) is 42.5 Å². The molecule has 2 aromatic carbocycles. The van der Waals surface area contributed by atoms with Gasteiger partial charge in [-0.3, -0.25) is 0 Å². The molecule has 0 bridgehead atoms. The van der Waals surface area contributed by atoms with Crippen LogP contribution in [0.3, 0.4) is 0 Å². The second-order valence-corrected chi connectivity index (χ2v) is 7.05. The summed E-state index contributed by atoms with van der Waals surface area (Å²) < 4.78 is 0. The molecule has 0 unspecified atom stereocenters. The number of nitrogens with zero attached hydrogens (tertiary/aromatic N) is 1. The standard InChI is InChI=1S/C19H21ClN2S/c1-13-3-6-15(7-4-13)16-9-10-22(12-16)19(23)21-18-8-5-14(2)11-17(18)20/h3-8,11,16H,9-10,12H2,1-2H3,(H,21,23)/t16-/m0/s1. The second kappa shape index (κ2) is 6.90. The maximum atomic E-state index is 6.28. The molecule has 1 N–H and O–H groups in total. The summed E-state index contributed by atoms with van der Waals surface area (Å²) in [4.78, 5) is 2.23. The van der Waals surface area contributed by atoms with Crippen molar-refractivity contribution in [1.82, 2.24) is 4.90 Å². The molecule has 3 rings (SSSR count). The van der Waals surface area contributed by atoms with E-state index in [1.807, 2.05) is 25.1 Å². The van der Waals surface area contributed by atoms with Crippen molar-refractivity contribution in [1.29, 1.82) is 0 Å². The van der Waals surface area contributed by atoms with Crippen LogP contribution in [0.1, 0.15) is 29.0 Å². The van der Waals surface area contributed by atoms with Gasteiger partial charge in [0.15, 0.2) is 5.11 Å². The van der Waals surface area contributed by atoms with E-state index in [0.717, 1.165) is 35.9 Å². The Hall–Kier alpha value is -1.58. The highest BCUT2D eigenvalue weighted by Gasteiger charge is 2.25. The van der Waals surface area contributed by atoms with Crippen LogP contribution in [0.5, 0.6) is 0 Å². The Morgan fingerprint density at radius 1 is 1.13 bits per heavy atom. The minimum absolute atomic E-state index is 0.545. The SMILES string of the molecule is Cc1ccc([C@H]2CCN(C(=S)Nc3ccc(C)cc3Cl)C2)cc1. The Balaban J connectivity index is 1.64. The fraction of sp³-hybridized carbons (Fsp3) is 0.316. The van der Waals surface area contributed by atoms with Gasteiger partial charge in [-0.25, -0.2) is 0 Å². The molecule has 23 heavy (non-hydrogen) atoms. The molecule has 0 radical (unpaired) electrons. The maximum absolute atomic E-state index is 6.28. The molecule has 0 amide bonds. The average molecular weight is 345 g/mol. The molecule has 2 nitrogen and oxygen atoms in total. The molecule has 0 aliphatic carbocycles. The third kappa shape index (κ3) is 3.85. The summed E-state index contributed by atoms with van der Waals surface area (Å²) in [7, 11) is 0. The van der Waals surface area contributed by atoms with Crippen molar-refractivity contribution < 1.29 is 0 Å².